The van der Waals surface area contributed by atoms with Crippen molar-refractivity contribution in [1.82, 2.24) is 4.90 Å². The number of nitriles is 1. The molecule has 0 aliphatic carbocycles. The van der Waals surface area contributed by atoms with Crippen molar-refractivity contribution in [3.63, 3.8) is 0 Å². The maximum absolute atomic E-state index is 13.2. The molecular formula is C27H23F4N3O2. The molecule has 186 valence electrons. The Labute approximate surface area is 205 Å². The zero-order valence-electron chi connectivity index (χ0n) is 19.3. The number of carbonyl (C=O) groups excluding carboxylic acids is 1. The highest BCUT2D eigenvalue weighted by Crippen LogP contribution is 2.34. The molecule has 1 amide bonds. The Bertz CT molecular complexity index is 1310. The van der Waals surface area contributed by atoms with E-state index in [9.17, 15) is 27.5 Å². The van der Waals surface area contributed by atoms with Gasteiger partial charge in [-0.05, 0) is 53.9 Å². The van der Waals surface area contributed by atoms with Gasteiger partial charge in [0.25, 0.3) is 5.91 Å². The fourth-order valence-electron chi connectivity index (χ4n) is 4.25. The van der Waals surface area contributed by atoms with E-state index in [2.05, 4.69) is 5.32 Å². The van der Waals surface area contributed by atoms with E-state index in [0.29, 0.717) is 19.2 Å². The summed E-state index contributed by atoms with van der Waals surface area (Å²) in [6, 6.07) is 18.4. The average Bonchev–Trinajstić information content (AvgIpc) is 2.81. The van der Waals surface area contributed by atoms with Gasteiger partial charge in [0.15, 0.2) is 5.60 Å². The zero-order chi connectivity index (χ0) is 26.1. The van der Waals surface area contributed by atoms with Gasteiger partial charge in [0.2, 0.25) is 0 Å². The van der Waals surface area contributed by atoms with Crippen LogP contribution in [-0.2, 0) is 11.0 Å². The van der Waals surface area contributed by atoms with Crippen molar-refractivity contribution in [2.45, 2.75) is 24.6 Å². The fourth-order valence-corrected chi connectivity index (χ4v) is 4.25. The first kappa shape index (κ1) is 25.4. The SMILES string of the molecule is CC(O)(CN1CC(c2cccc(-c3ccc(F)cc3)c2)C1)C(=O)Nc1ccc(C#N)c(C(F)(F)F)c1. The normalized spacial score (nSPS) is 16.0. The summed E-state index contributed by atoms with van der Waals surface area (Å²) in [6.07, 6.45) is -4.75. The summed E-state index contributed by atoms with van der Waals surface area (Å²) in [5.74, 6) is -0.972. The van der Waals surface area contributed by atoms with Crippen LogP contribution in [0.25, 0.3) is 11.1 Å². The summed E-state index contributed by atoms with van der Waals surface area (Å²) in [7, 11) is 0. The van der Waals surface area contributed by atoms with Gasteiger partial charge in [-0.25, -0.2) is 4.39 Å². The van der Waals surface area contributed by atoms with Crippen molar-refractivity contribution in [3.8, 4) is 17.2 Å². The number of β-amino-alcohol motifs (C(OH)–C–C–N with tert-alkyl or cyclic N) is 1. The van der Waals surface area contributed by atoms with E-state index in [1.54, 1.807) is 12.1 Å². The van der Waals surface area contributed by atoms with Gasteiger partial charge in [-0.1, -0.05) is 36.4 Å². The predicted molar refractivity (Wildman–Crippen MR) is 126 cm³/mol. The van der Waals surface area contributed by atoms with Gasteiger partial charge in [-0.2, -0.15) is 18.4 Å². The minimum absolute atomic E-state index is 0.00457. The number of likely N-dealkylation sites (tertiary alicyclic amines) is 1. The number of anilines is 1. The molecule has 3 aromatic rings. The number of halogens is 4. The Hall–Kier alpha value is -3.74. The molecule has 1 aliphatic rings. The number of benzene rings is 3. The van der Waals surface area contributed by atoms with Gasteiger partial charge < -0.3 is 10.4 Å². The first-order valence-corrected chi connectivity index (χ1v) is 11.2. The van der Waals surface area contributed by atoms with Gasteiger partial charge in [-0.15, -0.1) is 0 Å². The largest absolute Gasteiger partial charge is 0.417 e. The van der Waals surface area contributed by atoms with Crippen LogP contribution >= 0.6 is 0 Å². The molecule has 1 atom stereocenters. The quantitative estimate of drug-likeness (QED) is 0.461. The van der Waals surface area contributed by atoms with Crippen molar-refractivity contribution in [2.75, 3.05) is 25.0 Å². The topological polar surface area (TPSA) is 76.4 Å². The van der Waals surface area contributed by atoms with E-state index in [0.717, 1.165) is 22.8 Å². The summed E-state index contributed by atoms with van der Waals surface area (Å²) in [4.78, 5) is 14.5. The van der Waals surface area contributed by atoms with Gasteiger partial charge >= 0.3 is 6.18 Å². The third kappa shape index (κ3) is 5.56. The summed E-state index contributed by atoms with van der Waals surface area (Å²) >= 11 is 0. The second-order valence-corrected chi connectivity index (χ2v) is 9.12. The predicted octanol–water partition coefficient (Wildman–Crippen LogP) is 5.17. The second-order valence-electron chi connectivity index (χ2n) is 9.12. The summed E-state index contributed by atoms with van der Waals surface area (Å²) in [5.41, 5.74) is -0.797. The van der Waals surface area contributed by atoms with Gasteiger partial charge in [0.1, 0.15) is 5.82 Å². The van der Waals surface area contributed by atoms with Crippen LogP contribution in [0.2, 0.25) is 0 Å². The number of carbonyl (C=O) groups is 1. The van der Waals surface area contributed by atoms with E-state index >= 15 is 0 Å². The van der Waals surface area contributed by atoms with Crippen LogP contribution in [0.15, 0.2) is 66.7 Å². The monoisotopic (exact) mass is 497 g/mol. The van der Waals surface area contributed by atoms with E-state index in [4.69, 9.17) is 5.26 Å². The molecule has 36 heavy (non-hydrogen) atoms. The van der Waals surface area contributed by atoms with Gasteiger partial charge in [0.05, 0.1) is 17.2 Å². The molecular weight excluding hydrogens is 474 g/mol. The molecule has 1 unspecified atom stereocenters. The van der Waals surface area contributed by atoms with Gasteiger partial charge in [-0.3, -0.25) is 9.69 Å². The zero-order valence-corrected chi connectivity index (χ0v) is 19.3. The number of amides is 1. The Kier molecular flexibility index (Phi) is 6.85. The maximum Gasteiger partial charge on any atom is 0.417 e. The maximum atomic E-state index is 13.2. The lowest BCUT2D eigenvalue weighted by Gasteiger charge is -2.42. The molecule has 5 nitrogen and oxygen atoms in total. The number of hydrogen-bond acceptors (Lipinski definition) is 4. The average molecular weight is 497 g/mol. The Balaban J connectivity index is 1.37. The van der Waals surface area contributed by atoms with Gasteiger partial charge in [0, 0.05) is 31.2 Å². The Morgan fingerprint density at radius 2 is 1.78 bits per heavy atom. The Morgan fingerprint density at radius 1 is 1.08 bits per heavy atom. The molecule has 2 N–H and O–H groups in total. The lowest BCUT2D eigenvalue weighted by atomic mass is 9.88. The summed E-state index contributed by atoms with van der Waals surface area (Å²) in [5, 5.41) is 21.9. The van der Waals surface area contributed by atoms with E-state index in [-0.39, 0.29) is 24.0 Å². The number of nitrogens with one attached hydrogen (secondary N) is 1. The Morgan fingerprint density at radius 3 is 2.42 bits per heavy atom. The van der Waals surface area contributed by atoms with E-state index in [1.807, 2.05) is 29.2 Å². The number of nitrogens with zero attached hydrogens (tertiary/aromatic N) is 2. The van der Waals surface area contributed by atoms with E-state index in [1.165, 1.54) is 31.2 Å². The van der Waals surface area contributed by atoms with Crippen molar-refractivity contribution < 1.29 is 27.5 Å². The minimum Gasteiger partial charge on any atom is -0.379 e. The standard InChI is InChI=1S/C27H23F4N3O2/c1-26(36,25(35)33-23-10-7-20(13-32)24(12-23)27(29,30)31)16-34-14-21(15-34)19-4-2-3-18(11-19)17-5-8-22(28)9-6-17/h2-12,21,36H,14-16H2,1H3,(H,33,35). The molecule has 3 aromatic carbocycles. The third-order valence-electron chi connectivity index (χ3n) is 6.22. The fraction of sp³-hybridized carbons (Fsp3) is 0.259. The first-order chi connectivity index (χ1) is 17.0. The molecule has 1 saturated heterocycles. The highest BCUT2D eigenvalue weighted by atomic mass is 19.4. The molecule has 0 saturated carbocycles. The van der Waals surface area contributed by atoms with Crippen LogP contribution in [-0.4, -0.2) is 41.1 Å². The van der Waals surface area contributed by atoms with Crippen molar-refractivity contribution in [1.29, 1.82) is 5.26 Å². The van der Waals surface area contributed by atoms with Crippen LogP contribution in [0, 0.1) is 17.1 Å². The minimum atomic E-state index is -4.75. The lowest BCUT2D eigenvalue weighted by molar-refractivity contribution is -0.138. The van der Waals surface area contributed by atoms with Crippen LogP contribution in [0.3, 0.4) is 0 Å². The number of rotatable bonds is 6. The first-order valence-electron chi connectivity index (χ1n) is 11.2. The summed E-state index contributed by atoms with van der Waals surface area (Å²) in [6.45, 7) is 2.48. The third-order valence-corrected chi connectivity index (χ3v) is 6.22. The molecule has 0 bridgehead atoms. The molecule has 0 radical (unpaired) electrons. The molecule has 1 fully saturated rings. The smallest absolute Gasteiger partial charge is 0.379 e. The van der Waals surface area contributed by atoms with Crippen LogP contribution in [0.4, 0.5) is 23.2 Å². The molecule has 4 rings (SSSR count). The van der Waals surface area contributed by atoms with E-state index < -0.39 is 28.8 Å². The second kappa shape index (κ2) is 9.72. The van der Waals surface area contributed by atoms with Crippen LogP contribution in [0.5, 0.6) is 0 Å². The van der Waals surface area contributed by atoms with Crippen molar-refractivity contribution in [3.05, 3.63) is 89.2 Å². The molecule has 1 aliphatic heterocycles. The summed E-state index contributed by atoms with van der Waals surface area (Å²) < 4.78 is 52.8. The molecule has 1 heterocycles. The molecule has 9 heteroatoms. The van der Waals surface area contributed by atoms with Crippen molar-refractivity contribution in [2.24, 2.45) is 0 Å². The van der Waals surface area contributed by atoms with Crippen LogP contribution in [0.1, 0.15) is 29.5 Å². The van der Waals surface area contributed by atoms with Crippen LogP contribution < -0.4 is 5.32 Å². The molecule has 0 aromatic heterocycles. The molecule has 0 spiro atoms. The highest BCUT2D eigenvalue weighted by Gasteiger charge is 2.39. The number of aliphatic hydroxyl groups is 1. The number of alkyl halides is 3. The lowest BCUT2D eigenvalue weighted by Crippen LogP contribution is -2.55. The van der Waals surface area contributed by atoms with Crippen molar-refractivity contribution >= 4 is 11.6 Å². The number of hydrogen-bond donors (Lipinski definition) is 2. The highest BCUT2D eigenvalue weighted by molar-refractivity contribution is 5.97.